The Morgan fingerprint density at radius 3 is 2.17 bits per heavy atom. The van der Waals surface area contributed by atoms with Crippen LogP contribution in [0.1, 0.15) is 33.3 Å². The fourth-order valence-corrected chi connectivity index (χ4v) is 1.75. The lowest BCUT2D eigenvalue weighted by Crippen LogP contribution is -2.38. The van der Waals surface area contributed by atoms with Gasteiger partial charge in [0.25, 0.3) is 0 Å². The quantitative estimate of drug-likeness (QED) is 0.820. The van der Waals surface area contributed by atoms with Crippen LogP contribution in [0.3, 0.4) is 0 Å². The van der Waals surface area contributed by atoms with Gasteiger partial charge in [-0.2, -0.15) is 0 Å². The summed E-state index contributed by atoms with van der Waals surface area (Å²) in [5.41, 5.74) is 0.790. The molecule has 0 N–H and O–H groups in total. The Labute approximate surface area is 110 Å². The maximum Gasteiger partial charge on any atom is 0.228 e. The molecule has 100 valence electrons. The number of rotatable bonds is 4. The Bertz CT molecular complexity index is 390. The Morgan fingerprint density at radius 1 is 1.22 bits per heavy atom. The van der Waals surface area contributed by atoms with Crippen molar-refractivity contribution in [2.45, 2.75) is 34.2 Å². The summed E-state index contributed by atoms with van der Waals surface area (Å²) >= 11 is 0. The maximum atomic E-state index is 12.2. The number of hydrogen-bond donors (Lipinski definition) is 0. The fourth-order valence-electron chi connectivity index (χ4n) is 1.75. The molecule has 0 heterocycles. The van der Waals surface area contributed by atoms with Crippen molar-refractivity contribution in [3.63, 3.8) is 0 Å². The van der Waals surface area contributed by atoms with E-state index < -0.39 is 0 Å². The lowest BCUT2D eigenvalue weighted by molar-refractivity contribution is -0.139. The first-order chi connectivity index (χ1) is 8.38. The monoisotopic (exact) mass is 249 g/mol. The second-order valence-electron chi connectivity index (χ2n) is 5.42. The zero-order valence-corrected chi connectivity index (χ0v) is 12.0. The molecule has 0 aliphatic heterocycles. The van der Waals surface area contributed by atoms with Gasteiger partial charge in [-0.05, 0) is 24.6 Å². The van der Waals surface area contributed by atoms with E-state index >= 15 is 0 Å². The Hall–Kier alpha value is -1.51. The van der Waals surface area contributed by atoms with Crippen molar-refractivity contribution in [3.8, 4) is 5.75 Å². The van der Waals surface area contributed by atoms with Crippen molar-refractivity contribution in [2.24, 2.45) is 5.41 Å². The van der Waals surface area contributed by atoms with Crippen molar-refractivity contribution in [1.82, 2.24) is 4.90 Å². The molecular formula is C15H23NO2. The first-order valence-corrected chi connectivity index (χ1v) is 6.30. The van der Waals surface area contributed by atoms with Gasteiger partial charge in [0.1, 0.15) is 5.75 Å². The van der Waals surface area contributed by atoms with Crippen LogP contribution < -0.4 is 4.74 Å². The van der Waals surface area contributed by atoms with E-state index in [9.17, 15) is 4.79 Å². The van der Waals surface area contributed by atoms with Gasteiger partial charge in [0.15, 0.2) is 0 Å². The van der Waals surface area contributed by atoms with Crippen LogP contribution in [0, 0.1) is 5.41 Å². The van der Waals surface area contributed by atoms with E-state index in [1.807, 2.05) is 56.9 Å². The Kier molecular flexibility index (Phi) is 4.76. The first-order valence-electron chi connectivity index (χ1n) is 6.30. The van der Waals surface area contributed by atoms with Crippen LogP contribution in [0.2, 0.25) is 0 Å². The molecule has 0 atom stereocenters. The highest BCUT2D eigenvalue weighted by atomic mass is 16.5. The highest BCUT2D eigenvalue weighted by molar-refractivity contribution is 5.81. The van der Waals surface area contributed by atoms with Gasteiger partial charge >= 0.3 is 0 Å². The molecule has 0 aliphatic rings. The summed E-state index contributed by atoms with van der Waals surface area (Å²) in [5.74, 6) is 1.02. The van der Waals surface area contributed by atoms with E-state index in [2.05, 4.69) is 0 Å². The van der Waals surface area contributed by atoms with Gasteiger partial charge in [-0.15, -0.1) is 0 Å². The molecule has 1 rings (SSSR count). The minimum Gasteiger partial charge on any atom is -0.497 e. The van der Waals surface area contributed by atoms with E-state index in [1.54, 1.807) is 7.11 Å². The third-order valence-corrected chi connectivity index (χ3v) is 2.84. The van der Waals surface area contributed by atoms with Gasteiger partial charge in [0.2, 0.25) is 5.91 Å². The van der Waals surface area contributed by atoms with Crippen molar-refractivity contribution >= 4 is 5.91 Å². The van der Waals surface area contributed by atoms with Gasteiger partial charge < -0.3 is 9.64 Å². The molecule has 3 heteroatoms. The molecule has 0 spiro atoms. The van der Waals surface area contributed by atoms with E-state index in [-0.39, 0.29) is 11.3 Å². The lowest BCUT2D eigenvalue weighted by atomic mass is 9.94. The van der Waals surface area contributed by atoms with Crippen LogP contribution in [0.25, 0.3) is 0 Å². The number of ether oxygens (including phenoxy) is 1. The average Bonchev–Trinajstić information content (AvgIpc) is 2.34. The lowest BCUT2D eigenvalue weighted by Gasteiger charge is -2.28. The molecule has 3 nitrogen and oxygen atoms in total. The molecule has 1 aromatic rings. The molecule has 0 radical (unpaired) electrons. The normalized spacial score (nSPS) is 11.2. The predicted molar refractivity (Wildman–Crippen MR) is 73.5 cm³/mol. The highest BCUT2D eigenvalue weighted by Crippen LogP contribution is 2.20. The number of hydrogen-bond acceptors (Lipinski definition) is 2. The van der Waals surface area contributed by atoms with Crippen LogP contribution in [-0.4, -0.2) is 24.5 Å². The zero-order chi connectivity index (χ0) is 13.8. The number of nitrogens with zero attached hydrogens (tertiary/aromatic N) is 1. The smallest absolute Gasteiger partial charge is 0.228 e. The SMILES string of the molecule is CCN(Cc1ccc(OC)cc1)C(=O)C(C)(C)C. The first kappa shape index (κ1) is 14.6. The molecule has 1 amide bonds. The summed E-state index contributed by atoms with van der Waals surface area (Å²) in [5, 5.41) is 0. The molecule has 0 fully saturated rings. The molecule has 0 aromatic heterocycles. The number of carbonyl (C=O) groups excluding carboxylic acids is 1. The van der Waals surface area contributed by atoms with Gasteiger partial charge in [0.05, 0.1) is 7.11 Å². The van der Waals surface area contributed by atoms with Crippen molar-refractivity contribution in [2.75, 3.05) is 13.7 Å². The number of methoxy groups -OCH3 is 1. The zero-order valence-electron chi connectivity index (χ0n) is 12.0. The third-order valence-electron chi connectivity index (χ3n) is 2.84. The molecule has 0 bridgehead atoms. The standard InChI is InChI=1S/C15H23NO2/c1-6-16(14(17)15(2,3)4)11-12-7-9-13(18-5)10-8-12/h7-10H,6,11H2,1-5H3. The summed E-state index contributed by atoms with van der Waals surface area (Å²) in [4.78, 5) is 14.1. The van der Waals surface area contributed by atoms with Crippen molar-refractivity contribution in [1.29, 1.82) is 0 Å². The van der Waals surface area contributed by atoms with E-state index in [1.165, 1.54) is 0 Å². The Balaban J connectivity index is 2.76. The topological polar surface area (TPSA) is 29.5 Å². The second-order valence-corrected chi connectivity index (χ2v) is 5.42. The molecule has 0 saturated heterocycles. The molecule has 18 heavy (non-hydrogen) atoms. The third kappa shape index (κ3) is 3.76. The van der Waals surface area contributed by atoms with Crippen molar-refractivity contribution < 1.29 is 9.53 Å². The summed E-state index contributed by atoms with van der Waals surface area (Å²) in [6.07, 6.45) is 0. The van der Waals surface area contributed by atoms with Gasteiger partial charge in [0, 0.05) is 18.5 Å². The van der Waals surface area contributed by atoms with Crippen LogP contribution >= 0.6 is 0 Å². The fraction of sp³-hybridized carbons (Fsp3) is 0.533. The minimum absolute atomic E-state index is 0.181. The van der Waals surface area contributed by atoms with Gasteiger partial charge in [-0.25, -0.2) is 0 Å². The molecule has 0 unspecified atom stereocenters. The number of amides is 1. The predicted octanol–water partition coefficient (Wildman–Crippen LogP) is 3.09. The van der Waals surface area contributed by atoms with E-state index in [4.69, 9.17) is 4.74 Å². The summed E-state index contributed by atoms with van der Waals surface area (Å²) in [6.45, 7) is 9.23. The van der Waals surface area contributed by atoms with E-state index in [0.717, 1.165) is 17.9 Å². The average molecular weight is 249 g/mol. The Morgan fingerprint density at radius 2 is 1.78 bits per heavy atom. The minimum atomic E-state index is -0.331. The molecule has 1 aromatic carbocycles. The van der Waals surface area contributed by atoms with Crippen LogP contribution in [0.5, 0.6) is 5.75 Å². The van der Waals surface area contributed by atoms with Crippen LogP contribution in [0.4, 0.5) is 0 Å². The van der Waals surface area contributed by atoms with E-state index in [0.29, 0.717) is 6.54 Å². The second kappa shape index (κ2) is 5.89. The summed E-state index contributed by atoms with van der Waals surface area (Å²) < 4.78 is 5.12. The summed E-state index contributed by atoms with van der Waals surface area (Å²) in [7, 11) is 1.65. The maximum absolute atomic E-state index is 12.2. The van der Waals surface area contributed by atoms with Gasteiger partial charge in [-0.1, -0.05) is 32.9 Å². The largest absolute Gasteiger partial charge is 0.497 e. The molecule has 0 saturated carbocycles. The highest BCUT2D eigenvalue weighted by Gasteiger charge is 2.26. The molecular weight excluding hydrogens is 226 g/mol. The van der Waals surface area contributed by atoms with Gasteiger partial charge in [-0.3, -0.25) is 4.79 Å². The molecule has 0 aliphatic carbocycles. The number of carbonyl (C=O) groups is 1. The van der Waals surface area contributed by atoms with Crippen molar-refractivity contribution in [3.05, 3.63) is 29.8 Å². The summed E-state index contributed by atoms with van der Waals surface area (Å²) in [6, 6.07) is 7.84. The number of benzene rings is 1. The van der Waals surface area contributed by atoms with Crippen LogP contribution in [0.15, 0.2) is 24.3 Å². The van der Waals surface area contributed by atoms with Crippen LogP contribution in [-0.2, 0) is 11.3 Å².